The molecule has 0 aliphatic rings. The van der Waals surface area contributed by atoms with Gasteiger partial charge in [0.1, 0.15) is 5.60 Å². The molecule has 0 spiro atoms. The maximum atomic E-state index is 11.5. The Morgan fingerprint density at radius 1 is 1.57 bits per heavy atom. The Labute approximate surface area is 85.5 Å². The molecule has 0 unspecified atom stereocenters. The molecule has 0 N–H and O–H groups in total. The van der Waals surface area contributed by atoms with Crippen LogP contribution in [0.1, 0.15) is 34.1 Å². The molecule has 4 nitrogen and oxygen atoms in total. The summed E-state index contributed by atoms with van der Waals surface area (Å²) in [5.41, 5.74) is -0.488. The second kappa shape index (κ2) is 4.85. The van der Waals surface area contributed by atoms with Gasteiger partial charge >= 0.3 is 6.09 Å². The molecular formula is C10H18N2O2. The van der Waals surface area contributed by atoms with Crippen LogP contribution in [-0.4, -0.2) is 29.7 Å². The number of rotatable bonds is 2. The van der Waals surface area contributed by atoms with Crippen LogP contribution in [0.25, 0.3) is 0 Å². The van der Waals surface area contributed by atoms with Crippen molar-refractivity contribution < 1.29 is 9.53 Å². The molecule has 0 bridgehead atoms. The zero-order valence-corrected chi connectivity index (χ0v) is 9.50. The highest BCUT2D eigenvalue weighted by Crippen LogP contribution is 2.11. The third-order valence-electron chi connectivity index (χ3n) is 1.73. The molecule has 0 aromatic carbocycles. The average Bonchev–Trinajstić information content (AvgIpc) is 2.00. The number of carbonyl (C=O) groups excluding carboxylic acids is 1. The lowest BCUT2D eigenvalue weighted by molar-refractivity contribution is 0.0239. The van der Waals surface area contributed by atoms with Crippen LogP contribution in [0.15, 0.2) is 0 Å². The first-order valence-electron chi connectivity index (χ1n) is 4.60. The average molecular weight is 198 g/mol. The molecule has 0 aliphatic heterocycles. The number of amides is 1. The molecular weight excluding hydrogens is 180 g/mol. The first kappa shape index (κ1) is 12.8. The molecule has 0 heterocycles. The minimum atomic E-state index is -0.488. The van der Waals surface area contributed by atoms with E-state index in [2.05, 4.69) is 0 Å². The second-order valence-corrected chi connectivity index (χ2v) is 4.30. The van der Waals surface area contributed by atoms with Gasteiger partial charge in [0.05, 0.1) is 12.5 Å². The minimum Gasteiger partial charge on any atom is -0.444 e. The van der Waals surface area contributed by atoms with Crippen LogP contribution in [0.4, 0.5) is 4.79 Å². The molecule has 0 saturated heterocycles. The van der Waals surface area contributed by atoms with Crippen molar-refractivity contribution in [1.29, 1.82) is 5.26 Å². The Bertz CT molecular complexity index is 237. The highest BCUT2D eigenvalue weighted by Gasteiger charge is 2.22. The van der Waals surface area contributed by atoms with Crippen LogP contribution >= 0.6 is 0 Å². The molecule has 1 amide bonds. The maximum Gasteiger partial charge on any atom is 0.410 e. The molecule has 4 heteroatoms. The van der Waals surface area contributed by atoms with Gasteiger partial charge in [0.15, 0.2) is 0 Å². The molecule has 1 atom stereocenters. The summed E-state index contributed by atoms with van der Waals surface area (Å²) in [5, 5.41) is 8.47. The van der Waals surface area contributed by atoms with E-state index in [-0.39, 0.29) is 12.1 Å². The van der Waals surface area contributed by atoms with E-state index in [0.29, 0.717) is 6.42 Å². The van der Waals surface area contributed by atoms with Crippen LogP contribution < -0.4 is 0 Å². The SMILES string of the molecule is C[C@@H](CC#N)N(C)C(=O)OC(C)(C)C. The Morgan fingerprint density at radius 2 is 2.07 bits per heavy atom. The van der Waals surface area contributed by atoms with Gasteiger partial charge < -0.3 is 9.64 Å². The van der Waals surface area contributed by atoms with E-state index in [1.807, 2.05) is 33.8 Å². The minimum absolute atomic E-state index is 0.116. The summed E-state index contributed by atoms with van der Waals surface area (Å²) < 4.78 is 5.14. The maximum absolute atomic E-state index is 11.5. The fourth-order valence-corrected chi connectivity index (χ4v) is 0.783. The van der Waals surface area contributed by atoms with Crippen molar-refractivity contribution in [2.75, 3.05) is 7.05 Å². The van der Waals surface area contributed by atoms with Crippen molar-refractivity contribution in [3.8, 4) is 6.07 Å². The molecule has 0 saturated carbocycles. The Morgan fingerprint density at radius 3 is 2.43 bits per heavy atom. The third-order valence-corrected chi connectivity index (χ3v) is 1.73. The molecule has 0 aromatic heterocycles. The van der Waals surface area contributed by atoms with Gasteiger partial charge in [0, 0.05) is 13.1 Å². The number of carbonyl (C=O) groups is 1. The number of hydrogen-bond acceptors (Lipinski definition) is 3. The van der Waals surface area contributed by atoms with Crippen LogP contribution in [0.3, 0.4) is 0 Å². The van der Waals surface area contributed by atoms with Gasteiger partial charge in [-0.2, -0.15) is 5.26 Å². The number of nitriles is 1. The first-order valence-corrected chi connectivity index (χ1v) is 4.60. The van der Waals surface area contributed by atoms with Gasteiger partial charge in [-0.05, 0) is 27.7 Å². The van der Waals surface area contributed by atoms with E-state index in [0.717, 1.165) is 0 Å². The van der Waals surface area contributed by atoms with Crippen LogP contribution in [-0.2, 0) is 4.74 Å². The van der Waals surface area contributed by atoms with Gasteiger partial charge in [0.25, 0.3) is 0 Å². The fraction of sp³-hybridized carbons (Fsp3) is 0.800. The predicted octanol–water partition coefficient (Wildman–Crippen LogP) is 2.16. The van der Waals surface area contributed by atoms with E-state index in [4.69, 9.17) is 10.00 Å². The summed E-state index contributed by atoms with van der Waals surface area (Å²) in [5.74, 6) is 0. The summed E-state index contributed by atoms with van der Waals surface area (Å²) in [6.07, 6.45) is -0.0734. The summed E-state index contributed by atoms with van der Waals surface area (Å²) in [4.78, 5) is 12.9. The molecule has 14 heavy (non-hydrogen) atoms. The van der Waals surface area contributed by atoms with Gasteiger partial charge in [-0.15, -0.1) is 0 Å². The highest BCUT2D eigenvalue weighted by atomic mass is 16.6. The van der Waals surface area contributed by atoms with Crippen LogP contribution in [0, 0.1) is 11.3 Å². The summed E-state index contributed by atoms with van der Waals surface area (Å²) in [7, 11) is 1.64. The zero-order valence-electron chi connectivity index (χ0n) is 9.50. The monoisotopic (exact) mass is 198 g/mol. The normalized spacial score (nSPS) is 12.9. The third kappa shape index (κ3) is 4.70. The molecule has 80 valence electrons. The van der Waals surface area contributed by atoms with E-state index in [1.54, 1.807) is 7.05 Å². The van der Waals surface area contributed by atoms with Crippen molar-refractivity contribution >= 4 is 6.09 Å². The first-order chi connectivity index (χ1) is 6.28. The lowest BCUT2D eigenvalue weighted by Gasteiger charge is -2.27. The molecule has 0 aliphatic carbocycles. The van der Waals surface area contributed by atoms with Crippen LogP contribution in [0.5, 0.6) is 0 Å². The van der Waals surface area contributed by atoms with Crippen molar-refractivity contribution in [2.24, 2.45) is 0 Å². The molecule has 0 rings (SSSR count). The van der Waals surface area contributed by atoms with Gasteiger partial charge in [-0.1, -0.05) is 0 Å². The Hall–Kier alpha value is -1.24. The van der Waals surface area contributed by atoms with Gasteiger partial charge in [0.2, 0.25) is 0 Å². The van der Waals surface area contributed by atoms with Gasteiger partial charge in [-0.3, -0.25) is 0 Å². The van der Waals surface area contributed by atoms with Gasteiger partial charge in [-0.25, -0.2) is 4.79 Å². The van der Waals surface area contributed by atoms with Crippen molar-refractivity contribution in [3.63, 3.8) is 0 Å². The number of ether oxygens (including phenoxy) is 1. The smallest absolute Gasteiger partial charge is 0.410 e. The predicted molar refractivity (Wildman–Crippen MR) is 53.7 cm³/mol. The lowest BCUT2D eigenvalue weighted by Crippen LogP contribution is -2.39. The molecule has 0 radical (unpaired) electrons. The number of hydrogen-bond donors (Lipinski definition) is 0. The zero-order chi connectivity index (χ0) is 11.4. The largest absolute Gasteiger partial charge is 0.444 e. The summed E-state index contributed by atoms with van der Waals surface area (Å²) in [6, 6.07) is 1.90. The fourth-order valence-electron chi connectivity index (χ4n) is 0.783. The van der Waals surface area contributed by atoms with E-state index < -0.39 is 5.60 Å². The van der Waals surface area contributed by atoms with Crippen molar-refractivity contribution in [2.45, 2.75) is 45.8 Å². The Balaban J connectivity index is 4.20. The summed E-state index contributed by atoms with van der Waals surface area (Å²) in [6.45, 7) is 7.25. The lowest BCUT2D eigenvalue weighted by atomic mass is 10.2. The Kier molecular flexibility index (Phi) is 4.42. The highest BCUT2D eigenvalue weighted by molar-refractivity contribution is 5.68. The topological polar surface area (TPSA) is 53.3 Å². The van der Waals surface area contributed by atoms with E-state index in [9.17, 15) is 4.79 Å². The van der Waals surface area contributed by atoms with Crippen molar-refractivity contribution in [3.05, 3.63) is 0 Å². The molecule has 0 aromatic rings. The van der Waals surface area contributed by atoms with E-state index >= 15 is 0 Å². The van der Waals surface area contributed by atoms with Crippen molar-refractivity contribution in [1.82, 2.24) is 4.90 Å². The quantitative estimate of drug-likeness (QED) is 0.683. The van der Waals surface area contributed by atoms with Crippen LogP contribution in [0.2, 0.25) is 0 Å². The molecule has 0 fully saturated rings. The van der Waals surface area contributed by atoms with E-state index in [1.165, 1.54) is 4.90 Å². The number of nitrogens with zero attached hydrogens (tertiary/aromatic N) is 2. The summed E-state index contributed by atoms with van der Waals surface area (Å²) >= 11 is 0. The standard InChI is InChI=1S/C10H18N2O2/c1-8(6-7-11)12(5)9(13)14-10(2,3)4/h8H,6H2,1-5H3/t8-/m0/s1. The second-order valence-electron chi connectivity index (χ2n) is 4.30.